The van der Waals surface area contributed by atoms with Gasteiger partial charge in [-0.3, -0.25) is 14.4 Å². The van der Waals surface area contributed by atoms with Gasteiger partial charge in [-0.05, 0) is 0 Å². The molecule has 5 atom stereocenters. The molecule has 15 nitrogen and oxygen atoms in total. The minimum Gasteiger partial charge on any atom is -0.463 e. The second-order valence-electron chi connectivity index (χ2n) is 8.31. The predicted octanol–water partition coefficient (Wildman–Crippen LogP) is -0.965. The Balaban J connectivity index is 2.17. The van der Waals surface area contributed by atoms with Gasteiger partial charge in [0.15, 0.2) is 19.8 Å². The fraction of sp³-hybridized carbons (Fsp3) is 0.682. The van der Waals surface area contributed by atoms with Crippen LogP contribution in [0.3, 0.4) is 0 Å². The third kappa shape index (κ3) is 9.93. The Bertz CT molecular complexity index is 850. The van der Waals surface area contributed by atoms with Gasteiger partial charge in [0.25, 0.3) is 0 Å². The maximum absolute atomic E-state index is 12.1. The van der Waals surface area contributed by atoms with E-state index in [1.807, 2.05) is 0 Å². The maximum Gasteiger partial charge on any atom is 0.407 e. The van der Waals surface area contributed by atoms with E-state index in [2.05, 4.69) is 19.5 Å². The quantitative estimate of drug-likeness (QED) is 0.238. The summed E-state index contributed by atoms with van der Waals surface area (Å²) in [4.78, 5) is 81.1. The van der Waals surface area contributed by atoms with Crippen LogP contribution in [0.1, 0.15) is 27.2 Å². The first kappa shape index (κ1) is 29.3. The second kappa shape index (κ2) is 14.0. The molecule has 1 saturated heterocycles. The minimum atomic E-state index is -0.855. The lowest BCUT2D eigenvalue weighted by molar-refractivity contribution is -0.171. The van der Waals surface area contributed by atoms with Crippen molar-refractivity contribution < 1.29 is 66.7 Å². The molecule has 1 saturated carbocycles. The number of fused-ring (bicyclic) bond motifs is 2. The Morgan fingerprint density at radius 3 is 1.51 bits per heavy atom. The van der Waals surface area contributed by atoms with Crippen LogP contribution in [0.4, 0.5) is 4.79 Å². The number of hydrogen-bond donors (Lipinski definition) is 1. The van der Waals surface area contributed by atoms with Crippen LogP contribution >= 0.6 is 0 Å². The largest absolute Gasteiger partial charge is 0.463 e. The van der Waals surface area contributed by atoms with E-state index in [0.717, 1.165) is 20.8 Å². The zero-order valence-corrected chi connectivity index (χ0v) is 20.6. The first-order valence-electron chi connectivity index (χ1n) is 11.3. The summed E-state index contributed by atoms with van der Waals surface area (Å²) in [5.41, 5.74) is 0. The van der Waals surface area contributed by atoms with E-state index in [1.165, 1.54) is 0 Å². The number of nitrogens with one attached hydrogen (secondary N) is 1. The van der Waals surface area contributed by atoms with Crippen molar-refractivity contribution in [2.24, 2.45) is 17.8 Å². The van der Waals surface area contributed by atoms with Gasteiger partial charge in [-0.1, -0.05) is 0 Å². The van der Waals surface area contributed by atoms with Crippen LogP contribution in [0.5, 0.6) is 0 Å². The molecule has 1 heterocycles. The third-order valence-electron chi connectivity index (χ3n) is 5.63. The lowest BCUT2D eigenvalue weighted by Crippen LogP contribution is -2.61. The van der Waals surface area contributed by atoms with Gasteiger partial charge in [-0.15, -0.1) is 0 Å². The normalized spacial score (nSPS) is 23.9. The number of amides is 1. The Kier molecular flexibility index (Phi) is 11.1. The summed E-state index contributed by atoms with van der Waals surface area (Å²) in [6.07, 6.45) is -1.22. The van der Waals surface area contributed by atoms with E-state index in [0.29, 0.717) is 0 Å². The first-order valence-corrected chi connectivity index (χ1v) is 11.3. The van der Waals surface area contributed by atoms with Crippen molar-refractivity contribution in [3.05, 3.63) is 0 Å². The lowest BCUT2D eigenvalue weighted by Gasteiger charge is -2.48. The Hall–Kier alpha value is -3.91. The number of carbonyl (C=O) groups is 7. The van der Waals surface area contributed by atoms with E-state index in [9.17, 15) is 33.6 Å². The zero-order chi connectivity index (χ0) is 27.5. The van der Waals surface area contributed by atoms with Crippen LogP contribution in [0.2, 0.25) is 0 Å². The molecule has 5 unspecified atom stereocenters. The van der Waals surface area contributed by atoms with E-state index in [1.54, 1.807) is 0 Å². The highest BCUT2D eigenvalue weighted by atomic mass is 16.6. The second-order valence-corrected chi connectivity index (χ2v) is 8.31. The van der Waals surface area contributed by atoms with Crippen molar-refractivity contribution >= 4 is 41.9 Å². The molecule has 15 heteroatoms. The molecule has 37 heavy (non-hydrogen) atoms. The number of carbonyl (C=O) groups excluding carboxylic acids is 7. The van der Waals surface area contributed by atoms with Crippen molar-refractivity contribution in [3.8, 4) is 0 Å². The lowest BCUT2D eigenvalue weighted by atomic mass is 9.68. The molecule has 0 radical (unpaired) electrons. The van der Waals surface area contributed by atoms with Crippen LogP contribution in [0, 0.1) is 17.8 Å². The molecular weight excluding hydrogens is 502 g/mol. The molecule has 1 N–H and O–H groups in total. The standard InChI is InChI=1S/C22H29NO14/c1-11(24)31-8-19(27)34-5-14-15(6-35-20(28)9-32-12(2)25)17-4-18(37-22(30)23-17)16(14)7-36-21(29)10-33-13(3)26/h14-18H,4-10H2,1-3H3,(H,23,30). The highest BCUT2D eigenvalue weighted by Crippen LogP contribution is 2.40. The van der Waals surface area contributed by atoms with Gasteiger partial charge in [-0.2, -0.15) is 0 Å². The van der Waals surface area contributed by atoms with Gasteiger partial charge in [0.05, 0.1) is 19.8 Å². The van der Waals surface area contributed by atoms with Gasteiger partial charge in [0.1, 0.15) is 6.10 Å². The van der Waals surface area contributed by atoms with Crippen molar-refractivity contribution in [1.29, 1.82) is 0 Å². The summed E-state index contributed by atoms with van der Waals surface area (Å²) in [7, 11) is 0. The molecule has 1 amide bonds. The minimum absolute atomic E-state index is 0.262. The van der Waals surface area contributed by atoms with Crippen LogP contribution in [0.15, 0.2) is 0 Å². The molecule has 0 spiro atoms. The Morgan fingerprint density at radius 1 is 0.676 bits per heavy atom. The van der Waals surface area contributed by atoms with E-state index < -0.39 is 91.6 Å². The number of rotatable bonds is 12. The van der Waals surface area contributed by atoms with E-state index in [4.69, 9.17) is 18.9 Å². The van der Waals surface area contributed by atoms with Gasteiger partial charge < -0.3 is 38.5 Å². The van der Waals surface area contributed by atoms with Gasteiger partial charge >= 0.3 is 41.9 Å². The monoisotopic (exact) mass is 531 g/mol. The average molecular weight is 531 g/mol. The molecular formula is C22H29NO14. The molecule has 2 rings (SSSR count). The van der Waals surface area contributed by atoms with Crippen molar-refractivity contribution in [3.63, 3.8) is 0 Å². The molecule has 0 aromatic rings. The highest BCUT2D eigenvalue weighted by molar-refractivity contribution is 5.76. The fourth-order valence-electron chi connectivity index (χ4n) is 4.01. The number of ether oxygens (including phenoxy) is 7. The number of esters is 6. The molecule has 0 aromatic carbocycles. The summed E-state index contributed by atoms with van der Waals surface area (Å²) in [5.74, 6) is -6.61. The average Bonchev–Trinajstić information content (AvgIpc) is 2.82. The number of hydrogen-bond acceptors (Lipinski definition) is 14. The van der Waals surface area contributed by atoms with Crippen LogP contribution in [-0.4, -0.2) is 93.7 Å². The van der Waals surface area contributed by atoms with Crippen LogP contribution in [-0.2, 0) is 61.9 Å². The fourth-order valence-corrected chi connectivity index (χ4v) is 4.01. The van der Waals surface area contributed by atoms with Gasteiger partial charge in [0, 0.05) is 51.0 Å². The molecule has 2 bridgehead atoms. The molecule has 206 valence electrons. The van der Waals surface area contributed by atoms with Crippen LogP contribution in [0.25, 0.3) is 0 Å². The summed E-state index contributed by atoms with van der Waals surface area (Å²) in [6.45, 7) is 0.639. The zero-order valence-electron chi connectivity index (χ0n) is 20.6. The summed E-state index contributed by atoms with van der Waals surface area (Å²) < 4.78 is 34.9. The highest BCUT2D eigenvalue weighted by Gasteiger charge is 2.51. The van der Waals surface area contributed by atoms with Crippen molar-refractivity contribution in [2.45, 2.75) is 39.3 Å². The van der Waals surface area contributed by atoms with Crippen molar-refractivity contribution in [1.82, 2.24) is 5.32 Å². The molecule has 1 aliphatic heterocycles. The summed E-state index contributed by atoms with van der Waals surface area (Å²) in [6, 6.07) is -0.557. The molecule has 2 aliphatic rings. The third-order valence-corrected chi connectivity index (χ3v) is 5.63. The van der Waals surface area contributed by atoms with Gasteiger partial charge in [-0.25, -0.2) is 19.2 Å². The topological polar surface area (TPSA) is 196 Å². The molecule has 2 fully saturated rings. The first-order chi connectivity index (χ1) is 17.5. The van der Waals surface area contributed by atoms with Crippen molar-refractivity contribution in [2.75, 3.05) is 39.6 Å². The van der Waals surface area contributed by atoms with Crippen LogP contribution < -0.4 is 5.32 Å². The summed E-state index contributed by atoms with van der Waals surface area (Å²) in [5, 5.41) is 2.63. The number of alkyl carbamates (subject to hydrolysis) is 1. The Morgan fingerprint density at radius 2 is 1.08 bits per heavy atom. The van der Waals surface area contributed by atoms with Gasteiger partial charge in [0.2, 0.25) is 0 Å². The molecule has 0 aromatic heterocycles. The molecule has 1 aliphatic carbocycles. The maximum atomic E-state index is 12.1. The van der Waals surface area contributed by atoms with E-state index >= 15 is 0 Å². The predicted molar refractivity (Wildman–Crippen MR) is 115 cm³/mol. The SMILES string of the molecule is CC(=O)OCC(=O)OCC1C2CC(OC(=O)N2)C(COC(=O)COC(C)=O)C1COC(=O)COC(C)=O. The smallest absolute Gasteiger partial charge is 0.407 e. The van der Waals surface area contributed by atoms with E-state index in [-0.39, 0.29) is 26.2 Å². The Labute approximate surface area is 211 Å². The summed E-state index contributed by atoms with van der Waals surface area (Å²) >= 11 is 0.